The summed E-state index contributed by atoms with van der Waals surface area (Å²) in [7, 11) is 2.15. The Bertz CT molecular complexity index is 1000. The second-order valence-electron chi connectivity index (χ2n) is 7.38. The van der Waals surface area contributed by atoms with Crippen LogP contribution >= 0.6 is 12.4 Å². The molecule has 3 heterocycles. The number of anilines is 1. The summed E-state index contributed by atoms with van der Waals surface area (Å²) in [6.45, 7) is 1.12. The number of aromatic amines is 1. The second-order valence-corrected chi connectivity index (χ2v) is 7.38. The lowest BCUT2D eigenvalue weighted by molar-refractivity contribution is -0.107. The lowest BCUT2D eigenvalue weighted by Gasteiger charge is -2.17. The molecule has 7 heteroatoms. The predicted octanol–water partition coefficient (Wildman–Crippen LogP) is 4.14. The van der Waals surface area contributed by atoms with Crippen molar-refractivity contribution in [2.75, 3.05) is 18.9 Å². The summed E-state index contributed by atoms with van der Waals surface area (Å²) in [6, 6.07) is 11.8. The summed E-state index contributed by atoms with van der Waals surface area (Å²) in [4.78, 5) is 33.2. The van der Waals surface area contributed by atoms with Crippen LogP contribution in [0.4, 0.5) is 5.82 Å². The first-order chi connectivity index (χ1) is 13.6. The Labute approximate surface area is 176 Å². The topological polar surface area (TPSA) is 78.1 Å². The van der Waals surface area contributed by atoms with Crippen molar-refractivity contribution in [1.29, 1.82) is 0 Å². The minimum Gasteiger partial charge on any atom is -0.357 e. The number of fused-ring (bicyclic) bond motifs is 1. The molecule has 0 saturated carbocycles. The maximum atomic E-state index is 12.5. The third-order valence-corrected chi connectivity index (χ3v) is 5.41. The van der Waals surface area contributed by atoms with Crippen LogP contribution in [-0.4, -0.2) is 40.7 Å². The van der Waals surface area contributed by atoms with E-state index in [2.05, 4.69) is 33.3 Å². The first-order valence-electron chi connectivity index (χ1n) is 9.67. The van der Waals surface area contributed by atoms with Crippen molar-refractivity contribution >= 4 is 41.3 Å². The van der Waals surface area contributed by atoms with E-state index >= 15 is 0 Å². The van der Waals surface area contributed by atoms with Crippen molar-refractivity contribution in [3.63, 3.8) is 0 Å². The number of aldehydes is 1. The van der Waals surface area contributed by atoms with Gasteiger partial charge in [-0.3, -0.25) is 9.69 Å². The Morgan fingerprint density at radius 1 is 1.31 bits per heavy atom. The molecular formula is C22H25ClN4O2. The number of benzene rings is 1. The van der Waals surface area contributed by atoms with Gasteiger partial charge in [-0.25, -0.2) is 4.98 Å². The number of hydrogen-bond acceptors (Lipinski definition) is 4. The predicted molar refractivity (Wildman–Crippen MR) is 117 cm³/mol. The van der Waals surface area contributed by atoms with Crippen molar-refractivity contribution < 1.29 is 9.59 Å². The molecule has 0 bridgehead atoms. The quantitative estimate of drug-likeness (QED) is 0.596. The highest BCUT2D eigenvalue weighted by Crippen LogP contribution is 2.32. The maximum absolute atomic E-state index is 12.5. The van der Waals surface area contributed by atoms with Gasteiger partial charge in [0.15, 0.2) is 0 Å². The SMILES string of the molecule is CN1CCC[C@@H]1c1cc2cnc(NC(=O)c3ccc(CCC=O)cc3)cc2[nH]1.Cl. The first-order valence-corrected chi connectivity index (χ1v) is 9.67. The number of nitrogens with one attached hydrogen (secondary N) is 2. The standard InChI is InChI=1S/C22H24N4O2.ClH/c1-26-10-2-5-20(26)19-12-17-14-23-21(13-18(17)24-19)25-22(28)16-8-6-15(7-9-16)4-3-11-27;/h6-9,11-14,20,24H,2-5,10H2,1H3,(H,23,25,28);1H/t20-;/m1./s1. The van der Waals surface area contributed by atoms with Crippen LogP contribution in [-0.2, 0) is 11.2 Å². The molecule has 1 aliphatic heterocycles. The molecule has 0 unspecified atom stereocenters. The monoisotopic (exact) mass is 412 g/mol. The highest BCUT2D eigenvalue weighted by molar-refractivity contribution is 6.04. The van der Waals surface area contributed by atoms with E-state index in [4.69, 9.17) is 0 Å². The highest BCUT2D eigenvalue weighted by atomic mass is 35.5. The van der Waals surface area contributed by atoms with Crippen LogP contribution in [0.3, 0.4) is 0 Å². The second kappa shape index (κ2) is 9.20. The molecule has 0 radical (unpaired) electrons. The van der Waals surface area contributed by atoms with Gasteiger partial charge in [-0.2, -0.15) is 0 Å². The van der Waals surface area contributed by atoms with Gasteiger partial charge in [0.25, 0.3) is 5.91 Å². The molecule has 4 rings (SSSR count). The number of carbonyl (C=O) groups excluding carboxylic acids is 2. The molecule has 3 aromatic rings. The van der Waals surface area contributed by atoms with Crippen LogP contribution in [0, 0.1) is 0 Å². The van der Waals surface area contributed by atoms with E-state index in [0.717, 1.165) is 35.7 Å². The Hall–Kier alpha value is -2.70. The van der Waals surface area contributed by atoms with E-state index in [1.807, 2.05) is 18.2 Å². The van der Waals surface area contributed by atoms with Gasteiger partial charge in [0, 0.05) is 41.4 Å². The lowest BCUT2D eigenvalue weighted by atomic mass is 10.1. The van der Waals surface area contributed by atoms with Crippen LogP contribution in [0.15, 0.2) is 42.6 Å². The molecule has 1 fully saturated rings. The van der Waals surface area contributed by atoms with Gasteiger partial charge < -0.3 is 15.1 Å². The summed E-state index contributed by atoms with van der Waals surface area (Å²) in [5.74, 6) is 0.326. The number of hydrogen-bond donors (Lipinski definition) is 2. The number of nitrogens with zero attached hydrogens (tertiary/aromatic N) is 2. The summed E-state index contributed by atoms with van der Waals surface area (Å²) in [5, 5.41) is 3.91. The molecule has 1 saturated heterocycles. The fourth-order valence-corrected chi connectivity index (χ4v) is 3.84. The number of rotatable bonds is 6. The highest BCUT2D eigenvalue weighted by Gasteiger charge is 2.24. The molecule has 1 atom stereocenters. The van der Waals surface area contributed by atoms with Gasteiger partial charge in [0.1, 0.15) is 12.1 Å². The summed E-state index contributed by atoms with van der Waals surface area (Å²) in [5.41, 5.74) is 3.78. The Morgan fingerprint density at radius 3 is 2.79 bits per heavy atom. The zero-order valence-electron chi connectivity index (χ0n) is 16.4. The van der Waals surface area contributed by atoms with E-state index in [0.29, 0.717) is 30.3 Å². The first kappa shape index (κ1) is 21.0. The number of likely N-dealkylation sites (tertiary alicyclic amines) is 1. The molecule has 29 heavy (non-hydrogen) atoms. The molecule has 1 amide bonds. The smallest absolute Gasteiger partial charge is 0.256 e. The van der Waals surface area contributed by atoms with E-state index in [9.17, 15) is 9.59 Å². The van der Waals surface area contributed by atoms with Crippen molar-refractivity contribution in [3.8, 4) is 0 Å². The van der Waals surface area contributed by atoms with E-state index in [1.54, 1.807) is 18.3 Å². The fraction of sp³-hybridized carbons (Fsp3) is 0.318. The summed E-state index contributed by atoms with van der Waals surface area (Å²) < 4.78 is 0. The molecule has 0 spiro atoms. The number of H-pyrrole nitrogens is 1. The molecular weight excluding hydrogens is 388 g/mol. The molecule has 2 N–H and O–H groups in total. The summed E-state index contributed by atoms with van der Waals surface area (Å²) >= 11 is 0. The van der Waals surface area contributed by atoms with Gasteiger partial charge in [-0.15, -0.1) is 12.4 Å². The number of carbonyl (C=O) groups is 2. The van der Waals surface area contributed by atoms with E-state index < -0.39 is 0 Å². The molecule has 0 aliphatic carbocycles. The average molecular weight is 413 g/mol. The van der Waals surface area contributed by atoms with E-state index in [1.165, 1.54) is 12.1 Å². The number of halogens is 1. The minimum atomic E-state index is -0.198. The fourth-order valence-electron chi connectivity index (χ4n) is 3.84. The lowest BCUT2D eigenvalue weighted by Crippen LogP contribution is -2.17. The number of amides is 1. The molecule has 2 aromatic heterocycles. The van der Waals surface area contributed by atoms with Gasteiger partial charge in [-0.05, 0) is 56.6 Å². The number of pyridine rings is 1. The van der Waals surface area contributed by atoms with Crippen molar-refractivity contribution in [1.82, 2.24) is 14.9 Å². The third-order valence-electron chi connectivity index (χ3n) is 5.41. The van der Waals surface area contributed by atoms with Crippen molar-refractivity contribution in [3.05, 3.63) is 59.4 Å². The Balaban J connectivity index is 0.00000240. The van der Waals surface area contributed by atoms with Crippen LogP contribution in [0.2, 0.25) is 0 Å². The minimum absolute atomic E-state index is 0. The van der Waals surface area contributed by atoms with Crippen LogP contribution in [0.25, 0.3) is 10.9 Å². The maximum Gasteiger partial charge on any atom is 0.256 e. The molecule has 6 nitrogen and oxygen atoms in total. The van der Waals surface area contributed by atoms with Crippen LogP contribution in [0.1, 0.15) is 46.9 Å². The summed E-state index contributed by atoms with van der Waals surface area (Å²) in [6.07, 6.45) is 6.24. The zero-order valence-corrected chi connectivity index (χ0v) is 17.2. The third kappa shape index (κ3) is 4.66. The van der Waals surface area contributed by atoms with E-state index in [-0.39, 0.29) is 18.3 Å². The van der Waals surface area contributed by atoms with Gasteiger partial charge in [0.2, 0.25) is 0 Å². The Morgan fingerprint density at radius 2 is 2.10 bits per heavy atom. The van der Waals surface area contributed by atoms with Crippen molar-refractivity contribution in [2.45, 2.75) is 31.7 Å². The van der Waals surface area contributed by atoms with Gasteiger partial charge in [-0.1, -0.05) is 12.1 Å². The number of aryl methyl sites for hydroxylation is 1. The Kier molecular flexibility index (Phi) is 6.67. The molecule has 1 aromatic carbocycles. The number of aromatic nitrogens is 2. The normalized spacial score (nSPS) is 16.5. The molecule has 1 aliphatic rings. The zero-order chi connectivity index (χ0) is 19.5. The van der Waals surface area contributed by atoms with Crippen LogP contribution in [0.5, 0.6) is 0 Å². The van der Waals surface area contributed by atoms with Crippen LogP contribution < -0.4 is 5.32 Å². The van der Waals surface area contributed by atoms with Crippen molar-refractivity contribution in [2.24, 2.45) is 0 Å². The average Bonchev–Trinajstić information content (AvgIpc) is 3.32. The van der Waals surface area contributed by atoms with Gasteiger partial charge in [0.05, 0.1) is 5.52 Å². The largest absolute Gasteiger partial charge is 0.357 e. The van der Waals surface area contributed by atoms with Gasteiger partial charge >= 0.3 is 0 Å². The molecule has 152 valence electrons.